The number of ether oxygens (including phenoxy) is 2. The Morgan fingerprint density at radius 3 is 2.35 bits per heavy atom. The Morgan fingerprint density at radius 2 is 1.82 bits per heavy atom. The first-order chi connectivity index (χ1) is 8.09. The van der Waals surface area contributed by atoms with Crippen LogP contribution < -0.4 is 0 Å². The van der Waals surface area contributed by atoms with Gasteiger partial charge in [0.05, 0.1) is 5.56 Å². The smallest absolute Gasteiger partial charge is 0.358 e. The van der Waals surface area contributed by atoms with Crippen molar-refractivity contribution in [1.29, 1.82) is 0 Å². The first kappa shape index (κ1) is 11.3. The predicted molar refractivity (Wildman–Crippen MR) is 52.8 cm³/mol. The quantitative estimate of drug-likeness (QED) is 0.558. The van der Waals surface area contributed by atoms with Crippen molar-refractivity contribution in [2.75, 3.05) is 0 Å². The SMILES string of the molecule is O=C(O[C@H]1C(=O)OC(=O)[C@H]1O)c1ccccc1. The van der Waals surface area contributed by atoms with Gasteiger partial charge in [-0.1, -0.05) is 18.2 Å². The molecule has 17 heavy (non-hydrogen) atoms. The molecular formula is C11H8O6. The lowest BCUT2D eigenvalue weighted by atomic mass is 10.2. The van der Waals surface area contributed by atoms with Crippen molar-refractivity contribution in [1.82, 2.24) is 0 Å². The summed E-state index contributed by atoms with van der Waals surface area (Å²) in [5.41, 5.74) is 0.215. The number of hydrogen-bond donors (Lipinski definition) is 1. The summed E-state index contributed by atoms with van der Waals surface area (Å²) < 4.78 is 8.83. The summed E-state index contributed by atoms with van der Waals surface area (Å²) in [5, 5.41) is 9.25. The average molecular weight is 236 g/mol. The molecule has 1 aromatic rings. The standard InChI is InChI=1S/C11H8O6/c12-7-8(11(15)17-10(7)14)16-9(13)6-4-2-1-3-5-6/h1-5,7-8,12H/t7-,8+/m0/s1. The molecule has 1 N–H and O–H groups in total. The number of carbonyl (C=O) groups excluding carboxylic acids is 3. The van der Waals surface area contributed by atoms with Crippen LogP contribution in [0.2, 0.25) is 0 Å². The van der Waals surface area contributed by atoms with E-state index >= 15 is 0 Å². The van der Waals surface area contributed by atoms with E-state index in [1.54, 1.807) is 18.2 Å². The number of hydrogen-bond acceptors (Lipinski definition) is 6. The van der Waals surface area contributed by atoms with Crippen LogP contribution in [0.15, 0.2) is 30.3 Å². The van der Waals surface area contributed by atoms with E-state index in [2.05, 4.69) is 4.74 Å². The predicted octanol–water partition coefficient (Wildman–Crippen LogP) is -0.344. The molecule has 1 aliphatic heterocycles. The highest BCUT2D eigenvalue weighted by Gasteiger charge is 2.46. The fourth-order valence-corrected chi connectivity index (χ4v) is 1.34. The van der Waals surface area contributed by atoms with Gasteiger partial charge in [-0.25, -0.2) is 14.4 Å². The monoisotopic (exact) mass is 236 g/mol. The van der Waals surface area contributed by atoms with Crippen molar-refractivity contribution in [2.24, 2.45) is 0 Å². The van der Waals surface area contributed by atoms with Crippen LogP contribution in [0.1, 0.15) is 10.4 Å². The Morgan fingerprint density at radius 1 is 1.18 bits per heavy atom. The summed E-state index contributed by atoms with van der Waals surface area (Å²) in [5.74, 6) is -2.98. The minimum absolute atomic E-state index is 0.215. The molecule has 0 spiro atoms. The lowest BCUT2D eigenvalue weighted by Gasteiger charge is -2.10. The summed E-state index contributed by atoms with van der Waals surface area (Å²) in [6.07, 6.45) is -3.34. The molecule has 1 fully saturated rings. The zero-order chi connectivity index (χ0) is 12.4. The first-order valence-electron chi connectivity index (χ1n) is 4.79. The topological polar surface area (TPSA) is 89.9 Å². The number of aliphatic hydroxyl groups is 1. The van der Waals surface area contributed by atoms with Gasteiger partial charge in [0.2, 0.25) is 12.2 Å². The largest absolute Gasteiger partial charge is 0.443 e. The highest BCUT2D eigenvalue weighted by atomic mass is 16.6. The molecule has 1 aromatic carbocycles. The van der Waals surface area contributed by atoms with Gasteiger partial charge in [-0.3, -0.25) is 0 Å². The highest BCUT2D eigenvalue weighted by molar-refractivity contribution is 6.01. The summed E-state index contributed by atoms with van der Waals surface area (Å²) in [7, 11) is 0. The van der Waals surface area contributed by atoms with Gasteiger partial charge in [0, 0.05) is 0 Å². The molecule has 0 unspecified atom stereocenters. The Balaban J connectivity index is 2.10. The summed E-state index contributed by atoms with van der Waals surface area (Å²) in [6, 6.07) is 7.91. The highest BCUT2D eigenvalue weighted by Crippen LogP contribution is 2.15. The van der Waals surface area contributed by atoms with Gasteiger partial charge in [-0.05, 0) is 12.1 Å². The summed E-state index contributed by atoms with van der Waals surface area (Å²) in [6.45, 7) is 0. The molecular weight excluding hydrogens is 228 g/mol. The molecule has 1 heterocycles. The number of esters is 3. The zero-order valence-electron chi connectivity index (χ0n) is 8.53. The summed E-state index contributed by atoms with van der Waals surface area (Å²) >= 11 is 0. The minimum atomic E-state index is -1.75. The van der Waals surface area contributed by atoms with Crippen LogP contribution in [0.4, 0.5) is 0 Å². The maximum absolute atomic E-state index is 11.5. The van der Waals surface area contributed by atoms with Gasteiger partial charge >= 0.3 is 17.9 Å². The first-order valence-corrected chi connectivity index (χ1v) is 4.79. The maximum Gasteiger partial charge on any atom is 0.358 e. The van der Waals surface area contributed by atoms with Gasteiger partial charge in [0.1, 0.15) is 0 Å². The molecule has 6 heteroatoms. The van der Waals surface area contributed by atoms with Crippen molar-refractivity contribution in [2.45, 2.75) is 12.2 Å². The lowest BCUT2D eigenvalue weighted by molar-refractivity contribution is -0.155. The summed E-state index contributed by atoms with van der Waals surface area (Å²) in [4.78, 5) is 33.5. The number of aliphatic hydroxyl groups excluding tert-OH is 1. The van der Waals surface area contributed by atoms with E-state index in [1.807, 2.05) is 0 Å². The van der Waals surface area contributed by atoms with Crippen molar-refractivity contribution in [3.8, 4) is 0 Å². The Hall–Kier alpha value is -2.21. The molecule has 0 aromatic heterocycles. The van der Waals surface area contributed by atoms with E-state index in [0.717, 1.165) is 0 Å². The molecule has 1 saturated heterocycles. The van der Waals surface area contributed by atoms with Gasteiger partial charge in [-0.15, -0.1) is 0 Å². The van der Waals surface area contributed by atoms with E-state index in [9.17, 15) is 19.5 Å². The molecule has 2 atom stereocenters. The van der Waals surface area contributed by atoms with E-state index in [-0.39, 0.29) is 5.56 Å². The van der Waals surface area contributed by atoms with E-state index in [1.165, 1.54) is 12.1 Å². The third-order valence-corrected chi connectivity index (χ3v) is 2.21. The van der Waals surface area contributed by atoms with Crippen LogP contribution in [0.25, 0.3) is 0 Å². The molecule has 6 nitrogen and oxygen atoms in total. The van der Waals surface area contributed by atoms with Crippen LogP contribution in [-0.4, -0.2) is 35.2 Å². The molecule has 88 valence electrons. The van der Waals surface area contributed by atoms with Crippen molar-refractivity contribution >= 4 is 17.9 Å². The van der Waals surface area contributed by atoms with Crippen LogP contribution in [0, 0.1) is 0 Å². The Bertz CT molecular complexity index is 466. The normalized spacial score (nSPS) is 23.4. The average Bonchev–Trinajstić information content (AvgIpc) is 2.57. The van der Waals surface area contributed by atoms with Gasteiger partial charge < -0.3 is 14.6 Å². The number of carbonyl (C=O) groups is 3. The molecule has 0 saturated carbocycles. The van der Waals surface area contributed by atoms with Crippen LogP contribution in [0.5, 0.6) is 0 Å². The van der Waals surface area contributed by atoms with Gasteiger partial charge in [-0.2, -0.15) is 0 Å². The van der Waals surface area contributed by atoms with Crippen molar-refractivity contribution in [3.63, 3.8) is 0 Å². The molecule has 0 aliphatic carbocycles. The Labute approximate surface area is 95.8 Å². The van der Waals surface area contributed by atoms with E-state index < -0.39 is 30.1 Å². The van der Waals surface area contributed by atoms with Crippen LogP contribution in [0.3, 0.4) is 0 Å². The van der Waals surface area contributed by atoms with Gasteiger partial charge in [0.15, 0.2) is 0 Å². The second kappa shape index (κ2) is 4.34. The second-order valence-corrected chi connectivity index (χ2v) is 3.38. The molecule has 2 rings (SSSR count). The van der Waals surface area contributed by atoms with Gasteiger partial charge in [0.25, 0.3) is 0 Å². The zero-order valence-corrected chi connectivity index (χ0v) is 8.53. The minimum Gasteiger partial charge on any atom is -0.443 e. The Kier molecular flexibility index (Phi) is 2.88. The van der Waals surface area contributed by atoms with E-state index in [0.29, 0.717) is 0 Å². The second-order valence-electron chi connectivity index (χ2n) is 3.38. The fraction of sp³-hybridized carbons (Fsp3) is 0.182. The molecule has 0 radical (unpaired) electrons. The lowest BCUT2D eigenvalue weighted by Crippen LogP contribution is -2.33. The van der Waals surface area contributed by atoms with Crippen LogP contribution in [-0.2, 0) is 19.1 Å². The molecule has 0 bridgehead atoms. The third-order valence-electron chi connectivity index (χ3n) is 2.21. The fourth-order valence-electron chi connectivity index (χ4n) is 1.34. The number of rotatable bonds is 2. The van der Waals surface area contributed by atoms with Crippen molar-refractivity contribution in [3.05, 3.63) is 35.9 Å². The molecule has 1 aliphatic rings. The number of benzene rings is 1. The molecule has 0 amide bonds. The van der Waals surface area contributed by atoms with Crippen molar-refractivity contribution < 1.29 is 29.0 Å². The number of cyclic esters (lactones) is 2. The third kappa shape index (κ3) is 2.16. The maximum atomic E-state index is 11.5. The van der Waals surface area contributed by atoms with E-state index in [4.69, 9.17) is 4.74 Å². The van der Waals surface area contributed by atoms with Crippen LogP contribution >= 0.6 is 0 Å².